The summed E-state index contributed by atoms with van der Waals surface area (Å²) in [5.41, 5.74) is 3.24. The van der Waals surface area contributed by atoms with Gasteiger partial charge in [0, 0.05) is 49.9 Å². The Morgan fingerprint density at radius 2 is 1.92 bits per heavy atom. The number of hydrogen-bond donors (Lipinski definition) is 1. The molecule has 1 aliphatic carbocycles. The first kappa shape index (κ1) is 15.2. The number of rotatable bonds is 2. The molecule has 1 aliphatic heterocycles. The number of carbonyl (C=O) groups is 1. The van der Waals surface area contributed by atoms with E-state index in [-0.39, 0.29) is 17.6 Å². The average Bonchev–Trinajstić information content (AvgIpc) is 3.09. The van der Waals surface area contributed by atoms with E-state index in [2.05, 4.69) is 14.9 Å². The number of benzene rings is 1. The molecule has 0 saturated carbocycles. The van der Waals surface area contributed by atoms with Crippen LogP contribution in [0.3, 0.4) is 0 Å². The maximum Gasteiger partial charge on any atom is 0.226 e. The molecule has 1 aromatic carbocycles. The van der Waals surface area contributed by atoms with E-state index in [0.717, 1.165) is 62.5 Å². The molecule has 24 heavy (non-hydrogen) atoms. The topological polar surface area (TPSA) is 52.2 Å². The van der Waals surface area contributed by atoms with Crippen LogP contribution in [-0.4, -0.2) is 47.0 Å². The highest BCUT2D eigenvalue weighted by molar-refractivity contribution is 5.79. The lowest BCUT2D eigenvalue weighted by atomic mass is 9.88. The minimum atomic E-state index is -0.219. The molecular formula is C18H21FN4O. The Bertz CT molecular complexity index is 719. The molecule has 1 amide bonds. The SMILES string of the molecule is O=C(C1CCc2nc[nH]c2C1)N1CCN(c2ccc(F)cc2)CC1. The van der Waals surface area contributed by atoms with Crippen LogP contribution in [-0.2, 0) is 17.6 Å². The van der Waals surface area contributed by atoms with Crippen LogP contribution in [0.4, 0.5) is 10.1 Å². The van der Waals surface area contributed by atoms with Gasteiger partial charge in [-0.25, -0.2) is 9.37 Å². The number of nitrogens with zero attached hydrogens (tertiary/aromatic N) is 3. The van der Waals surface area contributed by atoms with E-state index in [1.807, 2.05) is 4.90 Å². The number of aryl methyl sites for hydroxylation is 1. The Balaban J connectivity index is 1.36. The Morgan fingerprint density at radius 1 is 1.17 bits per heavy atom. The number of imidazole rings is 1. The fourth-order valence-electron chi connectivity index (χ4n) is 3.71. The van der Waals surface area contributed by atoms with Crippen LogP contribution >= 0.6 is 0 Å². The van der Waals surface area contributed by atoms with Crippen molar-refractivity contribution in [2.24, 2.45) is 5.92 Å². The summed E-state index contributed by atoms with van der Waals surface area (Å²) in [6, 6.07) is 6.56. The largest absolute Gasteiger partial charge is 0.368 e. The fraction of sp³-hybridized carbons (Fsp3) is 0.444. The van der Waals surface area contributed by atoms with Crippen molar-refractivity contribution in [1.82, 2.24) is 14.9 Å². The van der Waals surface area contributed by atoms with Crippen LogP contribution in [0.5, 0.6) is 0 Å². The molecule has 2 aliphatic rings. The van der Waals surface area contributed by atoms with Crippen molar-refractivity contribution in [3.63, 3.8) is 0 Å². The molecule has 0 bridgehead atoms. The summed E-state index contributed by atoms with van der Waals surface area (Å²) in [5.74, 6) is 0.104. The molecule has 126 valence electrons. The van der Waals surface area contributed by atoms with Gasteiger partial charge in [-0.05, 0) is 37.1 Å². The van der Waals surface area contributed by atoms with E-state index in [0.29, 0.717) is 0 Å². The first-order valence-corrected chi connectivity index (χ1v) is 8.51. The Hall–Kier alpha value is -2.37. The third-order valence-corrected chi connectivity index (χ3v) is 5.12. The summed E-state index contributed by atoms with van der Waals surface area (Å²) >= 11 is 0. The molecule has 4 rings (SSSR count). The number of amides is 1. The van der Waals surface area contributed by atoms with Crippen LogP contribution in [0.2, 0.25) is 0 Å². The zero-order valence-corrected chi connectivity index (χ0v) is 13.5. The smallest absolute Gasteiger partial charge is 0.226 e. The fourth-order valence-corrected chi connectivity index (χ4v) is 3.71. The number of carbonyl (C=O) groups excluding carboxylic acids is 1. The minimum absolute atomic E-state index is 0.0651. The summed E-state index contributed by atoms with van der Waals surface area (Å²) < 4.78 is 13.0. The summed E-state index contributed by atoms with van der Waals surface area (Å²) in [6.45, 7) is 3.03. The Morgan fingerprint density at radius 3 is 2.67 bits per heavy atom. The lowest BCUT2D eigenvalue weighted by Gasteiger charge is -2.38. The molecule has 2 aromatic rings. The number of H-pyrrole nitrogens is 1. The number of anilines is 1. The minimum Gasteiger partial charge on any atom is -0.368 e. The van der Waals surface area contributed by atoms with E-state index >= 15 is 0 Å². The molecule has 0 radical (unpaired) electrons. The zero-order valence-electron chi connectivity index (χ0n) is 13.5. The number of aromatic nitrogens is 2. The molecule has 2 heterocycles. The summed E-state index contributed by atoms with van der Waals surface area (Å²) in [4.78, 5) is 24.4. The standard InChI is InChI=1S/C18H21FN4O/c19-14-2-4-15(5-3-14)22-7-9-23(10-8-22)18(24)13-1-6-16-17(11-13)21-12-20-16/h2-5,12-13H,1,6-11H2,(H,20,21). The van der Waals surface area contributed by atoms with E-state index < -0.39 is 0 Å². The third-order valence-electron chi connectivity index (χ3n) is 5.12. The first-order valence-electron chi connectivity index (χ1n) is 8.51. The van der Waals surface area contributed by atoms with E-state index in [1.165, 1.54) is 12.1 Å². The van der Waals surface area contributed by atoms with Gasteiger partial charge in [0.25, 0.3) is 0 Å². The van der Waals surface area contributed by atoms with Gasteiger partial charge in [0.15, 0.2) is 0 Å². The molecule has 1 atom stereocenters. The first-order chi connectivity index (χ1) is 11.7. The highest BCUT2D eigenvalue weighted by Gasteiger charge is 2.31. The van der Waals surface area contributed by atoms with Crippen LogP contribution in [0.25, 0.3) is 0 Å². The number of hydrogen-bond acceptors (Lipinski definition) is 3. The molecule has 6 heteroatoms. The predicted molar refractivity (Wildman–Crippen MR) is 89.3 cm³/mol. The van der Waals surface area contributed by atoms with Gasteiger partial charge in [0.05, 0.1) is 12.0 Å². The monoisotopic (exact) mass is 328 g/mol. The number of aromatic amines is 1. The van der Waals surface area contributed by atoms with Crippen molar-refractivity contribution in [3.05, 3.63) is 47.8 Å². The second-order valence-corrected chi connectivity index (χ2v) is 6.56. The zero-order chi connectivity index (χ0) is 16.5. The van der Waals surface area contributed by atoms with Crippen molar-refractivity contribution in [2.45, 2.75) is 19.3 Å². The number of nitrogens with one attached hydrogen (secondary N) is 1. The highest BCUT2D eigenvalue weighted by atomic mass is 19.1. The van der Waals surface area contributed by atoms with Gasteiger partial charge in [-0.3, -0.25) is 4.79 Å². The predicted octanol–water partition coefficient (Wildman–Crippen LogP) is 2.00. The number of piperazine rings is 1. The van der Waals surface area contributed by atoms with Crippen LogP contribution < -0.4 is 4.90 Å². The molecule has 0 spiro atoms. The second kappa shape index (κ2) is 6.26. The molecule has 5 nitrogen and oxygen atoms in total. The second-order valence-electron chi connectivity index (χ2n) is 6.56. The van der Waals surface area contributed by atoms with Gasteiger partial charge in [-0.1, -0.05) is 0 Å². The van der Waals surface area contributed by atoms with Gasteiger partial charge in [-0.15, -0.1) is 0 Å². The van der Waals surface area contributed by atoms with Crippen molar-refractivity contribution < 1.29 is 9.18 Å². The van der Waals surface area contributed by atoms with E-state index in [1.54, 1.807) is 18.5 Å². The van der Waals surface area contributed by atoms with Crippen molar-refractivity contribution in [2.75, 3.05) is 31.1 Å². The lowest BCUT2D eigenvalue weighted by molar-refractivity contribution is -0.136. The molecule has 1 aromatic heterocycles. The molecule has 1 saturated heterocycles. The summed E-state index contributed by atoms with van der Waals surface area (Å²) in [5, 5.41) is 0. The summed E-state index contributed by atoms with van der Waals surface area (Å²) in [7, 11) is 0. The van der Waals surface area contributed by atoms with Gasteiger partial charge >= 0.3 is 0 Å². The van der Waals surface area contributed by atoms with Gasteiger partial charge in [0.1, 0.15) is 5.82 Å². The number of fused-ring (bicyclic) bond motifs is 1. The van der Waals surface area contributed by atoms with Crippen LogP contribution in [0.15, 0.2) is 30.6 Å². The lowest BCUT2D eigenvalue weighted by Crippen LogP contribution is -2.51. The van der Waals surface area contributed by atoms with Gasteiger partial charge in [-0.2, -0.15) is 0 Å². The quantitative estimate of drug-likeness (QED) is 0.917. The Kier molecular flexibility index (Phi) is 3.96. The van der Waals surface area contributed by atoms with Crippen molar-refractivity contribution in [3.8, 4) is 0 Å². The van der Waals surface area contributed by atoms with Gasteiger partial charge < -0.3 is 14.8 Å². The maximum absolute atomic E-state index is 13.0. The normalized spacial score (nSPS) is 20.8. The molecule has 1 fully saturated rings. The van der Waals surface area contributed by atoms with Gasteiger partial charge in [0.2, 0.25) is 5.91 Å². The highest BCUT2D eigenvalue weighted by Crippen LogP contribution is 2.25. The van der Waals surface area contributed by atoms with Crippen LogP contribution in [0, 0.1) is 11.7 Å². The summed E-state index contributed by atoms with van der Waals surface area (Å²) in [6.07, 6.45) is 4.25. The van der Waals surface area contributed by atoms with E-state index in [9.17, 15) is 9.18 Å². The molecular weight excluding hydrogens is 307 g/mol. The van der Waals surface area contributed by atoms with E-state index in [4.69, 9.17) is 0 Å². The third kappa shape index (κ3) is 2.88. The number of halogens is 1. The van der Waals surface area contributed by atoms with Crippen molar-refractivity contribution in [1.29, 1.82) is 0 Å². The molecule has 1 unspecified atom stereocenters. The maximum atomic E-state index is 13.0. The average molecular weight is 328 g/mol. The van der Waals surface area contributed by atoms with Crippen molar-refractivity contribution >= 4 is 11.6 Å². The Labute approximate surface area is 140 Å². The molecule has 1 N–H and O–H groups in total. The van der Waals surface area contributed by atoms with Crippen LogP contribution in [0.1, 0.15) is 17.8 Å².